The minimum Gasteiger partial charge on any atom is -0.373 e. The Kier molecular flexibility index (Phi) is 4.62. The molecule has 6 heteroatoms. The quantitative estimate of drug-likeness (QED) is 0.938. The molecule has 1 aromatic heterocycles. The van der Waals surface area contributed by atoms with E-state index < -0.39 is 0 Å². The number of amides is 1. The summed E-state index contributed by atoms with van der Waals surface area (Å²) in [4.78, 5) is 16.6. The Labute approximate surface area is 136 Å². The van der Waals surface area contributed by atoms with Crippen LogP contribution >= 0.6 is 0 Å². The van der Waals surface area contributed by atoms with Gasteiger partial charge in [-0.15, -0.1) is 0 Å². The van der Waals surface area contributed by atoms with Crippen molar-refractivity contribution in [2.75, 3.05) is 36.9 Å². The highest BCUT2D eigenvalue weighted by Gasteiger charge is 2.17. The van der Waals surface area contributed by atoms with Crippen molar-refractivity contribution < 1.29 is 9.32 Å². The zero-order valence-electron chi connectivity index (χ0n) is 13.6. The molecule has 2 heterocycles. The van der Waals surface area contributed by atoms with Crippen LogP contribution < -0.4 is 10.2 Å². The lowest BCUT2D eigenvalue weighted by atomic mass is 10.1. The van der Waals surface area contributed by atoms with Crippen molar-refractivity contribution in [3.8, 4) is 0 Å². The van der Waals surface area contributed by atoms with Gasteiger partial charge in [-0.25, -0.2) is 0 Å². The van der Waals surface area contributed by atoms with E-state index in [1.54, 1.807) is 13.0 Å². The highest BCUT2D eigenvalue weighted by Crippen LogP contribution is 2.23. The van der Waals surface area contributed by atoms with Gasteiger partial charge in [0.15, 0.2) is 5.82 Å². The first kappa shape index (κ1) is 15.6. The van der Waals surface area contributed by atoms with Crippen molar-refractivity contribution in [2.45, 2.75) is 19.9 Å². The second-order valence-electron chi connectivity index (χ2n) is 5.95. The maximum atomic E-state index is 12.0. The van der Waals surface area contributed by atoms with E-state index in [4.69, 9.17) is 4.52 Å². The summed E-state index contributed by atoms with van der Waals surface area (Å²) in [5.74, 6) is 1.13. The molecule has 0 aliphatic carbocycles. The maximum absolute atomic E-state index is 12.0. The van der Waals surface area contributed by atoms with Crippen LogP contribution in [0, 0.1) is 6.92 Å². The van der Waals surface area contributed by atoms with Crippen LogP contribution in [0.3, 0.4) is 0 Å². The molecule has 23 heavy (non-hydrogen) atoms. The highest BCUT2D eigenvalue weighted by atomic mass is 16.5. The highest BCUT2D eigenvalue weighted by molar-refractivity contribution is 5.89. The second-order valence-corrected chi connectivity index (χ2v) is 5.95. The topological polar surface area (TPSA) is 61.6 Å². The standard InChI is InChI=1S/C17H22N4O2/c1-13-11-16(19-23-13)18-17(22)7-8-21-10-9-20(2)15-6-4-3-5-14(15)12-21/h3-6,11H,7-10,12H2,1-2H3,(H,18,19,22). The van der Waals surface area contributed by atoms with Crippen LogP contribution in [-0.2, 0) is 11.3 Å². The molecule has 1 aromatic carbocycles. The summed E-state index contributed by atoms with van der Waals surface area (Å²) < 4.78 is 4.95. The smallest absolute Gasteiger partial charge is 0.226 e. The van der Waals surface area contributed by atoms with Crippen molar-refractivity contribution in [1.29, 1.82) is 0 Å². The first-order valence-electron chi connectivity index (χ1n) is 7.86. The lowest BCUT2D eigenvalue weighted by Gasteiger charge is -2.20. The molecule has 1 N–H and O–H groups in total. The molecule has 3 rings (SSSR count). The molecule has 2 aromatic rings. The second kappa shape index (κ2) is 6.83. The number of aromatic nitrogens is 1. The molecule has 0 atom stereocenters. The number of hydrogen-bond donors (Lipinski definition) is 1. The van der Waals surface area contributed by atoms with Crippen LogP contribution in [0.25, 0.3) is 0 Å². The monoisotopic (exact) mass is 314 g/mol. The van der Waals surface area contributed by atoms with Gasteiger partial charge in [0, 0.05) is 51.4 Å². The Morgan fingerprint density at radius 2 is 2.17 bits per heavy atom. The minimum atomic E-state index is -0.0378. The first-order valence-corrected chi connectivity index (χ1v) is 7.86. The van der Waals surface area contributed by atoms with Crippen molar-refractivity contribution in [2.24, 2.45) is 0 Å². The van der Waals surface area contributed by atoms with E-state index in [1.807, 2.05) is 0 Å². The van der Waals surface area contributed by atoms with E-state index >= 15 is 0 Å². The Balaban J connectivity index is 1.55. The van der Waals surface area contributed by atoms with Crippen LogP contribution in [0.1, 0.15) is 17.7 Å². The fourth-order valence-electron chi connectivity index (χ4n) is 2.83. The van der Waals surface area contributed by atoms with Crippen LogP contribution in [0.5, 0.6) is 0 Å². The Morgan fingerprint density at radius 3 is 2.96 bits per heavy atom. The molecule has 0 radical (unpaired) electrons. The molecule has 1 aliphatic rings. The minimum absolute atomic E-state index is 0.0378. The molecular weight excluding hydrogens is 292 g/mol. The summed E-state index contributed by atoms with van der Waals surface area (Å²) in [6, 6.07) is 10.2. The summed E-state index contributed by atoms with van der Waals surface area (Å²) in [6.07, 6.45) is 0.442. The number of benzene rings is 1. The van der Waals surface area contributed by atoms with Crippen molar-refractivity contribution in [3.05, 3.63) is 41.7 Å². The molecule has 0 unspecified atom stereocenters. The van der Waals surface area contributed by atoms with Gasteiger partial charge in [-0.2, -0.15) is 0 Å². The summed E-state index contributed by atoms with van der Waals surface area (Å²) in [6.45, 7) is 5.30. The molecule has 0 bridgehead atoms. The van der Waals surface area contributed by atoms with Crippen LogP contribution in [-0.4, -0.2) is 42.6 Å². The molecule has 0 saturated carbocycles. The average Bonchev–Trinajstić information content (AvgIpc) is 2.87. The number of nitrogens with zero attached hydrogens (tertiary/aromatic N) is 3. The number of nitrogens with one attached hydrogen (secondary N) is 1. The number of likely N-dealkylation sites (N-methyl/N-ethyl adjacent to an activating group) is 1. The van der Waals surface area contributed by atoms with E-state index in [2.05, 4.69) is 51.6 Å². The Hall–Kier alpha value is -2.34. The van der Waals surface area contributed by atoms with Gasteiger partial charge in [0.2, 0.25) is 5.91 Å². The number of rotatable bonds is 4. The zero-order valence-corrected chi connectivity index (χ0v) is 13.6. The molecule has 1 aliphatic heterocycles. The maximum Gasteiger partial charge on any atom is 0.226 e. The fourth-order valence-corrected chi connectivity index (χ4v) is 2.83. The zero-order chi connectivity index (χ0) is 16.2. The number of anilines is 2. The average molecular weight is 314 g/mol. The number of carbonyl (C=O) groups is 1. The molecule has 0 spiro atoms. The van der Waals surface area contributed by atoms with Gasteiger partial charge in [-0.1, -0.05) is 23.4 Å². The lowest BCUT2D eigenvalue weighted by molar-refractivity contribution is -0.116. The third kappa shape index (κ3) is 3.90. The van der Waals surface area contributed by atoms with E-state index in [9.17, 15) is 4.79 Å². The Bertz CT molecular complexity index is 683. The van der Waals surface area contributed by atoms with Gasteiger partial charge in [0.05, 0.1) is 0 Å². The molecule has 0 fully saturated rings. The van der Waals surface area contributed by atoms with Crippen molar-refractivity contribution in [1.82, 2.24) is 10.1 Å². The third-order valence-electron chi connectivity index (χ3n) is 4.10. The summed E-state index contributed by atoms with van der Waals surface area (Å²) >= 11 is 0. The SMILES string of the molecule is Cc1cc(NC(=O)CCN2CCN(C)c3ccccc3C2)no1. The van der Waals surface area contributed by atoms with Crippen LogP contribution in [0.4, 0.5) is 11.5 Å². The normalized spacial score (nSPS) is 15.1. The van der Waals surface area contributed by atoms with Crippen molar-refractivity contribution >= 4 is 17.4 Å². The van der Waals surface area contributed by atoms with Gasteiger partial charge in [0.25, 0.3) is 0 Å². The first-order chi connectivity index (χ1) is 11.1. The molecule has 0 saturated heterocycles. The molecule has 6 nitrogen and oxygen atoms in total. The molecule has 122 valence electrons. The van der Waals surface area contributed by atoms with E-state index in [1.165, 1.54) is 11.3 Å². The number of hydrogen-bond acceptors (Lipinski definition) is 5. The Morgan fingerprint density at radius 1 is 1.35 bits per heavy atom. The number of aryl methyl sites for hydroxylation is 1. The van der Waals surface area contributed by atoms with Gasteiger partial charge in [-0.05, 0) is 18.6 Å². The van der Waals surface area contributed by atoms with E-state index in [0.29, 0.717) is 18.0 Å². The van der Waals surface area contributed by atoms with Crippen LogP contribution in [0.15, 0.2) is 34.9 Å². The largest absolute Gasteiger partial charge is 0.373 e. The van der Waals surface area contributed by atoms with Crippen LogP contribution in [0.2, 0.25) is 0 Å². The molecular formula is C17H22N4O2. The summed E-state index contributed by atoms with van der Waals surface area (Å²) in [5, 5.41) is 6.54. The fraction of sp³-hybridized carbons (Fsp3) is 0.412. The number of fused-ring (bicyclic) bond motifs is 1. The van der Waals surface area contributed by atoms with Gasteiger partial charge in [0.1, 0.15) is 5.76 Å². The number of carbonyl (C=O) groups excluding carboxylic acids is 1. The van der Waals surface area contributed by atoms with E-state index in [0.717, 1.165) is 26.2 Å². The molecule has 1 amide bonds. The predicted molar refractivity (Wildman–Crippen MR) is 89.5 cm³/mol. The van der Waals surface area contributed by atoms with Gasteiger partial charge >= 0.3 is 0 Å². The van der Waals surface area contributed by atoms with E-state index in [-0.39, 0.29) is 5.91 Å². The summed E-state index contributed by atoms with van der Waals surface area (Å²) in [7, 11) is 2.11. The van der Waals surface area contributed by atoms with Gasteiger partial charge in [-0.3, -0.25) is 9.69 Å². The van der Waals surface area contributed by atoms with Crippen molar-refractivity contribution in [3.63, 3.8) is 0 Å². The van der Waals surface area contributed by atoms with Gasteiger partial charge < -0.3 is 14.7 Å². The summed E-state index contributed by atoms with van der Waals surface area (Å²) in [5.41, 5.74) is 2.58. The lowest BCUT2D eigenvalue weighted by Crippen LogP contribution is -2.31. The third-order valence-corrected chi connectivity index (χ3v) is 4.10. The predicted octanol–water partition coefficient (Wildman–Crippen LogP) is 2.26. The number of para-hydroxylation sites is 1.